The Morgan fingerprint density at radius 2 is 2.11 bits per heavy atom. The summed E-state index contributed by atoms with van der Waals surface area (Å²) in [6.45, 7) is 4.51. The molecule has 0 fully saturated rings. The number of nitrogens with zero attached hydrogens (tertiary/aromatic N) is 1. The highest BCUT2D eigenvalue weighted by atomic mass is 35.5. The molecule has 0 aliphatic rings. The van der Waals surface area contributed by atoms with Crippen molar-refractivity contribution >= 4 is 29.2 Å². The number of carboxylic acids is 1. The van der Waals surface area contributed by atoms with Crippen molar-refractivity contribution in [3.63, 3.8) is 0 Å². The molecule has 0 radical (unpaired) electrons. The maximum Gasteiger partial charge on any atom is 0.317 e. The highest BCUT2D eigenvalue weighted by Gasteiger charge is 2.17. The molecule has 1 N–H and O–H groups in total. The van der Waals surface area contributed by atoms with Crippen molar-refractivity contribution in [2.75, 3.05) is 6.54 Å². The number of aliphatic carboxylic acids is 1. The largest absolute Gasteiger partial charge is 0.480 e. The lowest BCUT2D eigenvalue weighted by molar-refractivity contribution is -0.139. The first-order valence-electron chi connectivity index (χ1n) is 5.83. The lowest BCUT2D eigenvalue weighted by Crippen LogP contribution is -2.36. The summed E-state index contributed by atoms with van der Waals surface area (Å²) in [4.78, 5) is 12.7. The molecule has 1 rings (SSSR count). The molecule has 3 nitrogen and oxygen atoms in total. The van der Waals surface area contributed by atoms with Crippen LogP contribution in [0.4, 0.5) is 0 Å². The Balaban J connectivity index is 2.88. The third-order valence-electron chi connectivity index (χ3n) is 2.93. The van der Waals surface area contributed by atoms with Crippen molar-refractivity contribution in [3.05, 3.63) is 33.8 Å². The van der Waals surface area contributed by atoms with Crippen LogP contribution in [0.1, 0.15) is 25.8 Å². The van der Waals surface area contributed by atoms with Gasteiger partial charge in [-0.1, -0.05) is 30.1 Å². The van der Waals surface area contributed by atoms with Crippen LogP contribution in [0, 0.1) is 0 Å². The van der Waals surface area contributed by atoms with E-state index in [1.807, 2.05) is 18.7 Å². The van der Waals surface area contributed by atoms with E-state index >= 15 is 0 Å². The molecule has 1 aromatic carbocycles. The van der Waals surface area contributed by atoms with E-state index in [0.29, 0.717) is 16.6 Å². The summed E-state index contributed by atoms with van der Waals surface area (Å²) < 4.78 is 0. The molecule has 0 heterocycles. The fraction of sp³-hybridized carbons (Fsp3) is 0.462. The van der Waals surface area contributed by atoms with Crippen LogP contribution in [0.25, 0.3) is 0 Å². The van der Waals surface area contributed by atoms with Gasteiger partial charge in [-0.15, -0.1) is 0 Å². The summed E-state index contributed by atoms with van der Waals surface area (Å²) in [5.74, 6) is -0.839. The van der Waals surface area contributed by atoms with E-state index in [1.54, 1.807) is 18.2 Å². The van der Waals surface area contributed by atoms with Gasteiger partial charge in [-0.3, -0.25) is 9.69 Å². The third-order valence-corrected chi connectivity index (χ3v) is 3.54. The van der Waals surface area contributed by atoms with Gasteiger partial charge in [-0.25, -0.2) is 0 Å². The van der Waals surface area contributed by atoms with Crippen LogP contribution >= 0.6 is 23.2 Å². The summed E-state index contributed by atoms with van der Waals surface area (Å²) in [7, 11) is 0. The Morgan fingerprint density at radius 1 is 1.44 bits per heavy atom. The van der Waals surface area contributed by atoms with Crippen molar-refractivity contribution in [2.24, 2.45) is 0 Å². The third kappa shape index (κ3) is 4.48. The number of benzene rings is 1. The maximum absolute atomic E-state index is 10.9. The highest BCUT2D eigenvalue weighted by Crippen LogP contribution is 2.23. The summed E-state index contributed by atoms with van der Waals surface area (Å²) in [6.07, 6.45) is 0.880. The van der Waals surface area contributed by atoms with E-state index < -0.39 is 5.97 Å². The summed E-state index contributed by atoms with van der Waals surface area (Å²) in [6, 6.07) is 5.41. The molecule has 100 valence electrons. The zero-order chi connectivity index (χ0) is 13.7. The van der Waals surface area contributed by atoms with Crippen LogP contribution in [0.3, 0.4) is 0 Å². The summed E-state index contributed by atoms with van der Waals surface area (Å²) in [5.41, 5.74) is 0.853. The molecule has 0 amide bonds. The van der Waals surface area contributed by atoms with Gasteiger partial charge >= 0.3 is 5.97 Å². The number of hydrogen-bond donors (Lipinski definition) is 1. The minimum absolute atomic E-state index is 0.00213. The SMILES string of the molecule is CCC(C)N(CC(=O)O)Cc1cc(Cl)ccc1Cl. The minimum atomic E-state index is -0.839. The van der Waals surface area contributed by atoms with Crippen LogP contribution < -0.4 is 0 Å². The zero-order valence-corrected chi connectivity index (χ0v) is 12.0. The first-order chi connectivity index (χ1) is 8.43. The van der Waals surface area contributed by atoms with Gasteiger partial charge in [0.1, 0.15) is 0 Å². The van der Waals surface area contributed by atoms with Crippen LogP contribution in [-0.2, 0) is 11.3 Å². The number of hydrogen-bond acceptors (Lipinski definition) is 2. The van der Waals surface area contributed by atoms with Crippen LogP contribution in [0.5, 0.6) is 0 Å². The van der Waals surface area contributed by atoms with Crippen molar-refractivity contribution in [1.82, 2.24) is 4.90 Å². The van der Waals surface area contributed by atoms with Gasteiger partial charge in [0.2, 0.25) is 0 Å². The van der Waals surface area contributed by atoms with Gasteiger partial charge in [0, 0.05) is 22.6 Å². The van der Waals surface area contributed by atoms with Gasteiger partial charge in [-0.2, -0.15) is 0 Å². The number of halogens is 2. The molecule has 0 saturated heterocycles. The van der Waals surface area contributed by atoms with Crippen LogP contribution in [0.15, 0.2) is 18.2 Å². The Morgan fingerprint density at radius 3 is 2.67 bits per heavy atom. The average Bonchev–Trinajstić information content (AvgIpc) is 2.31. The van der Waals surface area contributed by atoms with Crippen molar-refractivity contribution in [3.8, 4) is 0 Å². The zero-order valence-electron chi connectivity index (χ0n) is 10.5. The molecule has 1 unspecified atom stereocenters. The topological polar surface area (TPSA) is 40.5 Å². The number of carboxylic acid groups (broad SMARTS) is 1. The van der Waals surface area contributed by atoms with E-state index in [-0.39, 0.29) is 12.6 Å². The van der Waals surface area contributed by atoms with Gasteiger partial charge in [-0.05, 0) is 37.1 Å². The molecule has 0 bridgehead atoms. The molecule has 5 heteroatoms. The normalized spacial score (nSPS) is 12.7. The molecule has 1 aromatic rings. The van der Waals surface area contributed by atoms with E-state index in [9.17, 15) is 4.79 Å². The first-order valence-corrected chi connectivity index (χ1v) is 6.59. The second-order valence-electron chi connectivity index (χ2n) is 4.29. The Kier molecular flexibility index (Phi) is 5.93. The monoisotopic (exact) mass is 289 g/mol. The Hall–Kier alpha value is -0.770. The molecular weight excluding hydrogens is 273 g/mol. The number of carbonyl (C=O) groups is 1. The summed E-state index contributed by atoms with van der Waals surface area (Å²) in [5, 5.41) is 10.1. The van der Waals surface area contributed by atoms with Crippen molar-refractivity contribution < 1.29 is 9.90 Å². The minimum Gasteiger partial charge on any atom is -0.480 e. The predicted octanol–water partition coefficient (Wildman–Crippen LogP) is 3.68. The highest BCUT2D eigenvalue weighted by molar-refractivity contribution is 6.33. The van der Waals surface area contributed by atoms with Crippen molar-refractivity contribution in [2.45, 2.75) is 32.9 Å². The van der Waals surface area contributed by atoms with Gasteiger partial charge in [0.05, 0.1) is 6.54 Å². The number of rotatable bonds is 6. The molecule has 0 aromatic heterocycles. The Labute approximate surface area is 117 Å². The van der Waals surface area contributed by atoms with E-state index in [1.165, 1.54) is 0 Å². The first kappa shape index (κ1) is 15.3. The molecule has 0 saturated carbocycles. The fourth-order valence-electron chi connectivity index (χ4n) is 1.68. The fourth-order valence-corrected chi connectivity index (χ4v) is 2.05. The average molecular weight is 290 g/mol. The van der Waals surface area contributed by atoms with Crippen LogP contribution in [-0.4, -0.2) is 28.6 Å². The lowest BCUT2D eigenvalue weighted by atomic mass is 10.1. The smallest absolute Gasteiger partial charge is 0.317 e. The quantitative estimate of drug-likeness (QED) is 0.868. The molecule has 18 heavy (non-hydrogen) atoms. The van der Waals surface area contributed by atoms with E-state index in [4.69, 9.17) is 28.3 Å². The lowest BCUT2D eigenvalue weighted by Gasteiger charge is -2.27. The van der Waals surface area contributed by atoms with E-state index in [0.717, 1.165) is 12.0 Å². The molecule has 0 spiro atoms. The van der Waals surface area contributed by atoms with Gasteiger partial charge in [0.25, 0.3) is 0 Å². The van der Waals surface area contributed by atoms with Crippen molar-refractivity contribution in [1.29, 1.82) is 0 Å². The molecule has 0 aliphatic carbocycles. The molecule has 1 atom stereocenters. The van der Waals surface area contributed by atoms with E-state index in [2.05, 4.69) is 0 Å². The van der Waals surface area contributed by atoms with Gasteiger partial charge < -0.3 is 5.11 Å². The van der Waals surface area contributed by atoms with Gasteiger partial charge in [0.15, 0.2) is 0 Å². The second-order valence-corrected chi connectivity index (χ2v) is 5.14. The predicted molar refractivity (Wildman–Crippen MR) is 74.3 cm³/mol. The Bertz CT molecular complexity index is 423. The maximum atomic E-state index is 10.9. The standard InChI is InChI=1S/C13H17Cl2NO2/c1-3-9(2)16(8-13(17)18)7-10-6-11(14)4-5-12(10)15/h4-6,9H,3,7-8H2,1-2H3,(H,17,18). The molecule has 0 aliphatic heterocycles. The second kappa shape index (κ2) is 6.98. The van der Waals surface area contributed by atoms with Crippen LogP contribution in [0.2, 0.25) is 10.0 Å². The molecular formula is C13H17Cl2NO2. The summed E-state index contributed by atoms with van der Waals surface area (Å²) >= 11 is 12.0.